The van der Waals surface area contributed by atoms with Crippen molar-refractivity contribution in [3.05, 3.63) is 58.7 Å². The molecule has 0 saturated heterocycles. The van der Waals surface area contributed by atoms with Crippen molar-refractivity contribution in [1.29, 1.82) is 0 Å². The van der Waals surface area contributed by atoms with Crippen LogP contribution in [-0.4, -0.2) is 101 Å². The van der Waals surface area contributed by atoms with Crippen LogP contribution in [-0.2, 0) is 54.2 Å². The molecule has 1 atom stereocenters. The second-order valence-electron chi connectivity index (χ2n) is 10.2. The number of hydrogen-bond acceptors (Lipinski definition) is 10. The van der Waals surface area contributed by atoms with Crippen molar-refractivity contribution < 1.29 is 63.6 Å². The molecule has 0 bridgehead atoms. The number of phenols is 2. The average Bonchev–Trinajstić information content (AvgIpc) is 2.93. The van der Waals surface area contributed by atoms with Gasteiger partial charge in [-0.1, -0.05) is 24.3 Å². The number of nitrogens with zero attached hydrogens (tertiary/aromatic N) is 2. The number of carbonyl (C=O) groups excluding carboxylic acids is 1. The zero-order valence-electron chi connectivity index (χ0n) is 24.0. The van der Waals surface area contributed by atoms with Crippen LogP contribution in [0, 0.1) is 0 Å². The zero-order chi connectivity index (χ0) is 33.7. The van der Waals surface area contributed by atoms with Gasteiger partial charge in [0.25, 0.3) is 0 Å². The van der Waals surface area contributed by atoms with Crippen LogP contribution >= 0.6 is 16.1 Å². The molecule has 0 radical (unpaired) electrons. The van der Waals surface area contributed by atoms with Crippen molar-refractivity contribution in [3.8, 4) is 11.5 Å². The van der Waals surface area contributed by atoms with Crippen LogP contribution in [0.15, 0.2) is 36.4 Å². The Balaban J connectivity index is 2.14. The minimum absolute atomic E-state index is 0.0303. The fourth-order valence-electron chi connectivity index (χ4n) is 4.31. The number of carboxylic acid groups (broad SMARTS) is 3. The summed E-state index contributed by atoms with van der Waals surface area (Å²) in [5, 5.41) is 50.6. The molecular formula is C27H35N3O13P2. The standard InChI is InChI=1S/C27H35N3O13P2/c31-21-5-1-17(3-7-23(33)28-27(44-40)45(41,42)43)11-19(21)13-29(15-25(36)37)9-10-30(16-26(38)39)14-20-12-18(2-6-22(20)32)4-8-24(34)35/h1-2,5-6,11-12,27,31-32H,3-4,7-10,13-16H2,(H,28,33)(H,34,35)(H,36,37)(H,38,39)(H2,41,42,43). The van der Waals surface area contributed by atoms with Crippen molar-refractivity contribution in [3.63, 3.8) is 0 Å². The second-order valence-corrected chi connectivity index (χ2v) is 13.0. The third kappa shape index (κ3) is 13.7. The Labute approximate surface area is 259 Å². The molecule has 0 fully saturated rings. The number of amides is 1. The van der Waals surface area contributed by atoms with Gasteiger partial charge in [-0.25, -0.2) is 0 Å². The van der Waals surface area contributed by atoms with Gasteiger partial charge < -0.3 is 40.6 Å². The van der Waals surface area contributed by atoms with Gasteiger partial charge >= 0.3 is 25.5 Å². The molecular weight excluding hydrogens is 636 g/mol. The van der Waals surface area contributed by atoms with E-state index in [1.807, 2.05) is 5.32 Å². The van der Waals surface area contributed by atoms with E-state index in [2.05, 4.69) is 0 Å². The first-order valence-corrected chi connectivity index (χ1v) is 16.0. The summed E-state index contributed by atoms with van der Waals surface area (Å²) in [5.74, 6) is -4.41. The summed E-state index contributed by atoms with van der Waals surface area (Å²) in [4.78, 5) is 67.4. The first-order chi connectivity index (χ1) is 21.1. The molecule has 1 unspecified atom stereocenters. The SMILES string of the molecule is O=PC(NC(=O)CCc1ccc(O)c(CN(CCN(CC(=O)O)Cc2cc(CCC(=O)O)ccc2O)CC(=O)O)c1)P(=O)(O)O. The smallest absolute Gasteiger partial charge is 0.359 e. The minimum atomic E-state index is -4.83. The quantitative estimate of drug-likeness (QED) is 0.0925. The summed E-state index contributed by atoms with van der Waals surface area (Å²) in [6.07, 6.45) is -0.0891. The number of rotatable bonds is 20. The molecule has 0 aromatic heterocycles. The lowest BCUT2D eigenvalue weighted by Crippen LogP contribution is -2.39. The third-order valence-electron chi connectivity index (χ3n) is 6.50. The van der Waals surface area contributed by atoms with E-state index in [9.17, 15) is 48.7 Å². The highest BCUT2D eigenvalue weighted by atomic mass is 31.2. The number of carbonyl (C=O) groups is 4. The molecule has 0 aliphatic rings. The summed E-state index contributed by atoms with van der Waals surface area (Å²) in [6.45, 7) is -0.956. The average molecular weight is 672 g/mol. The fourth-order valence-corrected chi connectivity index (χ4v) is 5.31. The molecule has 1 amide bonds. The van der Waals surface area contributed by atoms with Crippen molar-refractivity contribution in [2.24, 2.45) is 0 Å². The molecule has 0 aliphatic heterocycles. The van der Waals surface area contributed by atoms with Crippen LogP contribution in [0.2, 0.25) is 0 Å². The number of nitrogens with one attached hydrogen (secondary N) is 1. The molecule has 45 heavy (non-hydrogen) atoms. The Morgan fingerprint density at radius 3 is 1.58 bits per heavy atom. The lowest BCUT2D eigenvalue weighted by Gasteiger charge is -2.26. The van der Waals surface area contributed by atoms with Gasteiger partial charge in [-0.05, 0) is 36.1 Å². The van der Waals surface area contributed by atoms with Gasteiger partial charge in [-0.3, -0.25) is 38.1 Å². The van der Waals surface area contributed by atoms with Crippen LogP contribution in [0.3, 0.4) is 0 Å². The van der Waals surface area contributed by atoms with E-state index in [4.69, 9.17) is 14.9 Å². The molecule has 2 rings (SSSR count). The summed E-state index contributed by atoms with van der Waals surface area (Å²) < 4.78 is 22.3. The number of carboxylic acids is 3. The molecule has 18 heteroatoms. The van der Waals surface area contributed by atoms with Crippen molar-refractivity contribution >= 4 is 39.9 Å². The van der Waals surface area contributed by atoms with Gasteiger partial charge in [0.1, 0.15) is 11.5 Å². The molecule has 2 aromatic rings. The Bertz CT molecular complexity index is 1430. The second kappa shape index (κ2) is 17.5. The molecule has 0 saturated carbocycles. The fraction of sp³-hybridized carbons (Fsp3) is 0.407. The van der Waals surface area contributed by atoms with Crippen LogP contribution in [0.5, 0.6) is 11.5 Å². The van der Waals surface area contributed by atoms with E-state index in [1.165, 1.54) is 34.1 Å². The van der Waals surface area contributed by atoms with E-state index in [0.717, 1.165) is 0 Å². The predicted octanol–water partition coefficient (Wildman–Crippen LogP) is 1.39. The van der Waals surface area contributed by atoms with Gasteiger partial charge in [0.15, 0.2) is 8.46 Å². The van der Waals surface area contributed by atoms with E-state index in [0.29, 0.717) is 22.3 Å². The number of phenolic OH excluding ortho intramolecular Hbond substituents is 2. The minimum Gasteiger partial charge on any atom is -0.508 e. The van der Waals surface area contributed by atoms with Crippen molar-refractivity contribution in [2.45, 2.75) is 44.3 Å². The molecule has 16 nitrogen and oxygen atoms in total. The zero-order valence-corrected chi connectivity index (χ0v) is 25.8. The Kier molecular flexibility index (Phi) is 14.5. The maximum Gasteiger partial charge on any atom is 0.359 e. The highest BCUT2D eigenvalue weighted by Gasteiger charge is 2.31. The van der Waals surface area contributed by atoms with Gasteiger partial charge in [0.05, 0.1) is 13.1 Å². The topological polar surface area (TPSA) is 263 Å². The number of aryl methyl sites for hydroxylation is 2. The molecule has 8 N–H and O–H groups in total. The van der Waals surface area contributed by atoms with E-state index < -0.39 is 58.5 Å². The lowest BCUT2D eigenvalue weighted by molar-refractivity contribution is -0.140. The Hall–Kier alpha value is -3.91. The molecule has 246 valence electrons. The maximum absolute atomic E-state index is 12.1. The summed E-state index contributed by atoms with van der Waals surface area (Å²) >= 11 is 0. The van der Waals surface area contributed by atoms with Gasteiger partial charge in [0.2, 0.25) is 11.4 Å². The van der Waals surface area contributed by atoms with E-state index in [-0.39, 0.29) is 63.4 Å². The predicted molar refractivity (Wildman–Crippen MR) is 158 cm³/mol. The van der Waals surface area contributed by atoms with E-state index >= 15 is 0 Å². The number of hydrogen-bond donors (Lipinski definition) is 8. The van der Waals surface area contributed by atoms with Crippen LogP contribution in [0.4, 0.5) is 0 Å². The number of benzene rings is 2. The monoisotopic (exact) mass is 671 g/mol. The van der Waals surface area contributed by atoms with Crippen LogP contribution < -0.4 is 5.32 Å². The number of aliphatic carboxylic acids is 3. The molecule has 0 aliphatic carbocycles. The summed E-state index contributed by atoms with van der Waals surface area (Å²) in [6, 6.07) is 8.91. The van der Waals surface area contributed by atoms with E-state index in [1.54, 1.807) is 12.1 Å². The molecule has 0 spiro atoms. The van der Waals surface area contributed by atoms with Gasteiger partial charge in [-0.15, -0.1) is 0 Å². The largest absolute Gasteiger partial charge is 0.508 e. The maximum atomic E-state index is 12.1. The summed E-state index contributed by atoms with van der Waals surface area (Å²) in [5.41, 5.74) is -0.0524. The normalized spacial score (nSPS) is 12.4. The first-order valence-electron chi connectivity index (χ1n) is 13.5. The van der Waals surface area contributed by atoms with Crippen LogP contribution in [0.1, 0.15) is 35.1 Å². The highest BCUT2D eigenvalue weighted by Crippen LogP contribution is 2.44. The van der Waals surface area contributed by atoms with Crippen molar-refractivity contribution in [1.82, 2.24) is 15.1 Å². The summed E-state index contributed by atoms with van der Waals surface area (Å²) in [7, 11) is -5.78. The van der Waals surface area contributed by atoms with Crippen molar-refractivity contribution in [2.75, 3.05) is 26.2 Å². The highest BCUT2D eigenvalue weighted by molar-refractivity contribution is 7.61. The van der Waals surface area contributed by atoms with Crippen LogP contribution in [0.25, 0.3) is 0 Å². The Morgan fingerprint density at radius 1 is 0.756 bits per heavy atom. The van der Waals surface area contributed by atoms with Gasteiger partial charge in [-0.2, -0.15) is 0 Å². The number of aromatic hydroxyl groups is 2. The Morgan fingerprint density at radius 2 is 1.20 bits per heavy atom. The molecule has 0 heterocycles. The lowest BCUT2D eigenvalue weighted by atomic mass is 10.0. The van der Waals surface area contributed by atoms with Gasteiger partial charge in [0, 0.05) is 50.1 Å². The first kappa shape index (κ1) is 37.3. The molecule has 2 aromatic carbocycles. The third-order valence-corrected chi connectivity index (χ3v) is 8.78.